The Hall–Kier alpha value is -1.36. The first-order valence-electron chi connectivity index (χ1n) is 5.28. The summed E-state index contributed by atoms with van der Waals surface area (Å²) < 4.78 is 0. The smallest absolute Gasteiger partial charge is 0.0942 e. The predicted molar refractivity (Wildman–Crippen MR) is 68.3 cm³/mol. The Morgan fingerprint density at radius 2 is 2.18 bits per heavy atom. The lowest BCUT2D eigenvalue weighted by atomic mass is 10.2. The van der Waals surface area contributed by atoms with Crippen molar-refractivity contribution in [3.05, 3.63) is 35.5 Å². The molecule has 1 aromatic carbocycles. The number of nitrogens with one attached hydrogen (secondary N) is 1. The SMILES string of the molecule is OCC(O)CNc1ccnc2ccc(Cl)cc12. The summed E-state index contributed by atoms with van der Waals surface area (Å²) in [6, 6.07) is 7.24. The number of rotatable bonds is 4. The summed E-state index contributed by atoms with van der Waals surface area (Å²) in [6.07, 6.45) is 0.904. The Balaban J connectivity index is 2.30. The van der Waals surface area contributed by atoms with Crippen molar-refractivity contribution in [2.24, 2.45) is 0 Å². The van der Waals surface area contributed by atoms with Crippen molar-refractivity contribution in [2.45, 2.75) is 6.10 Å². The summed E-state index contributed by atoms with van der Waals surface area (Å²) >= 11 is 5.94. The van der Waals surface area contributed by atoms with E-state index >= 15 is 0 Å². The van der Waals surface area contributed by atoms with Crippen LogP contribution >= 0.6 is 11.6 Å². The van der Waals surface area contributed by atoms with E-state index in [0.717, 1.165) is 16.6 Å². The van der Waals surface area contributed by atoms with Crippen LogP contribution in [0.3, 0.4) is 0 Å². The third kappa shape index (κ3) is 2.85. The number of nitrogens with zero attached hydrogens (tertiary/aromatic N) is 1. The molecule has 1 atom stereocenters. The van der Waals surface area contributed by atoms with E-state index in [1.807, 2.05) is 18.2 Å². The number of aromatic nitrogens is 1. The van der Waals surface area contributed by atoms with E-state index in [4.69, 9.17) is 16.7 Å². The zero-order valence-electron chi connectivity index (χ0n) is 9.10. The van der Waals surface area contributed by atoms with Crippen LogP contribution < -0.4 is 5.32 Å². The molecule has 90 valence electrons. The Labute approximate surface area is 104 Å². The topological polar surface area (TPSA) is 65.4 Å². The Kier molecular flexibility index (Phi) is 3.78. The summed E-state index contributed by atoms with van der Waals surface area (Å²) in [7, 11) is 0. The van der Waals surface area contributed by atoms with Crippen molar-refractivity contribution in [3.63, 3.8) is 0 Å². The molecule has 0 saturated heterocycles. The van der Waals surface area contributed by atoms with Gasteiger partial charge in [0.25, 0.3) is 0 Å². The molecule has 0 radical (unpaired) electrons. The van der Waals surface area contributed by atoms with Crippen LogP contribution in [0.5, 0.6) is 0 Å². The lowest BCUT2D eigenvalue weighted by Crippen LogP contribution is -2.23. The van der Waals surface area contributed by atoms with E-state index in [0.29, 0.717) is 5.02 Å². The van der Waals surface area contributed by atoms with Gasteiger partial charge in [0.2, 0.25) is 0 Å². The normalized spacial score (nSPS) is 12.6. The highest BCUT2D eigenvalue weighted by Gasteiger charge is 2.05. The summed E-state index contributed by atoms with van der Waals surface area (Å²) in [5.41, 5.74) is 1.67. The van der Waals surface area contributed by atoms with E-state index in [2.05, 4.69) is 10.3 Å². The molecule has 0 bridgehead atoms. The molecule has 17 heavy (non-hydrogen) atoms. The first-order chi connectivity index (χ1) is 8.20. The van der Waals surface area contributed by atoms with Crippen LogP contribution in [0.1, 0.15) is 0 Å². The molecule has 4 nitrogen and oxygen atoms in total. The van der Waals surface area contributed by atoms with Crippen LogP contribution in [-0.4, -0.2) is 34.5 Å². The van der Waals surface area contributed by atoms with Crippen LogP contribution in [0.25, 0.3) is 10.9 Å². The highest BCUT2D eigenvalue weighted by atomic mass is 35.5. The fourth-order valence-electron chi connectivity index (χ4n) is 1.56. The number of aliphatic hydroxyl groups excluding tert-OH is 2. The van der Waals surface area contributed by atoms with Gasteiger partial charge in [0.15, 0.2) is 0 Å². The van der Waals surface area contributed by atoms with Gasteiger partial charge in [0, 0.05) is 28.8 Å². The number of benzene rings is 1. The molecule has 0 saturated carbocycles. The second kappa shape index (κ2) is 5.31. The molecule has 0 aliphatic heterocycles. The van der Waals surface area contributed by atoms with Crippen molar-refractivity contribution in [3.8, 4) is 0 Å². The molecule has 1 aromatic heterocycles. The van der Waals surface area contributed by atoms with Gasteiger partial charge >= 0.3 is 0 Å². The summed E-state index contributed by atoms with van der Waals surface area (Å²) in [5, 5.41) is 22.6. The molecule has 1 unspecified atom stereocenters. The van der Waals surface area contributed by atoms with E-state index < -0.39 is 6.10 Å². The van der Waals surface area contributed by atoms with Crippen molar-refractivity contribution >= 4 is 28.2 Å². The van der Waals surface area contributed by atoms with Crippen LogP contribution in [0.2, 0.25) is 5.02 Å². The average molecular weight is 253 g/mol. The summed E-state index contributed by atoms with van der Waals surface area (Å²) in [6.45, 7) is 0.0128. The molecule has 5 heteroatoms. The minimum absolute atomic E-state index is 0.267. The summed E-state index contributed by atoms with van der Waals surface area (Å²) in [5.74, 6) is 0. The maximum absolute atomic E-state index is 9.29. The third-order valence-electron chi connectivity index (χ3n) is 2.44. The second-order valence-electron chi connectivity index (χ2n) is 3.74. The number of hydrogen-bond donors (Lipinski definition) is 3. The maximum Gasteiger partial charge on any atom is 0.0942 e. The molecule has 3 N–H and O–H groups in total. The van der Waals surface area contributed by atoms with Crippen molar-refractivity contribution in [1.82, 2.24) is 4.98 Å². The van der Waals surface area contributed by atoms with E-state index in [1.165, 1.54) is 0 Å². The Bertz CT molecular complexity index is 519. The number of anilines is 1. The van der Waals surface area contributed by atoms with Gasteiger partial charge < -0.3 is 15.5 Å². The monoisotopic (exact) mass is 252 g/mol. The van der Waals surface area contributed by atoms with Gasteiger partial charge in [0.05, 0.1) is 18.2 Å². The number of aliphatic hydroxyl groups is 2. The van der Waals surface area contributed by atoms with Gasteiger partial charge in [0.1, 0.15) is 0 Å². The molecule has 0 fully saturated rings. The maximum atomic E-state index is 9.29. The largest absolute Gasteiger partial charge is 0.394 e. The van der Waals surface area contributed by atoms with Gasteiger partial charge in [-0.3, -0.25) is 4.98 Å². The second-order valence-corrected chi connectivity index (χ2v) is 4.17. The summed E-state index contributed by atoms with van der Waals surface area (Å²) in [4.78, 5) is 4.22. The standard InChI is InChI=1S/C12H13ClN2O2/c13-8-1-2-11-10(5-8)12(3-4-14-11)15-6-9(17)7-16/h1-5,9,16-17H,6-7H2,(H,14,15). The fraction of sp³-hybridized carbons (Fsp3) is 0.250. The average Bonchev–Trinajstić information content (AvgIpc) is 2.35. The number of hydrogen-bond acceptors (Lipinski definition) is 4. The van der Waals surface area contributed by atoms with Crippen LogP contribution in [0.4, 0.5) is 5.69 Å². The lowest BCUT2D eigenvalue weighted by molar-refractivity contribution is 0.105. The molecule has 0 aliphatic rings. The Morgan fingerprint density at radius 3 is 2.94 bits per heavy atom. The van der Waals surface area contributed by atoms with E-state index in [1.54, 1.807) is 12.3 Å². The quantitative estimate of drug-likeness (QED) is 0.774. The first-order valence-corrected chi connectivity index (χ1v) is 5.65. The Morgan fingerprint density at radius 1 is 1.35 bits per heavy atom. The van der Waals surface area contributed by atoms with Crippen LogP contribution in [0, 0.1) is 0 Å². The highest BCUT2D eigenvalue weighted by molar-refractivity contribution is 6.31. The third-order valence-corrected chi connectivity index (χ3v) is 2.68. The van der Waals surface area contributed by atoms with Gasteiger partial charge in [-0.1, -0.05) is 11.6 Å². The van der Waals surface area contributed by atoms with Crippen molar-refractivity contribution in [2.75, 3.05) is 18.5 Å². The van der Waals surface area contributed by atoms with Crippen LogP contribution in [-0.2, 0) is 0 Å². The molecule has 1 heterocycles. The van der Waals surface area contributed by atoms with Crippen LogP contribution in [0.15, 0.2) is 30.5 Å². The van der Waals surface area contributed by atoms with Gasteiger partial charge in [-0.25, -0.2) is 0 Å². The van der Waals surface area contributed by atoms with Gasteiger partial charge in [-0.05, 0) is 24.3 Å². The van der Waals surface area contributed by atoms with E-state index in [9.17, 15) is 5.11 Å². The number of halogens is 1. The van der Waals surface area contributed by atoms with Gasteiger partial charge in [-0.15, -0.1) is 0 Å². The van der Waals surface area contributed by atoms with Gasteiger partial charge in [-0.2, -0.15) is 0 Å². The number of pyridine rings is 1. The van der Waals surface area contributed by atoms with Crippen molar-refractivity contribution < 1.29 is 10.2 Å². The van der Waals surface area contributed by atoms with E-state index in [-0.39, 0.29) is 13.2 Å². The molecule has 0 amide bonds. The molecule has 2 aromatic rings. The van der Waals surface area contributed by atoms with Crippen molar-refractivity contribution in [1.29, 1.82) is 0 Å². The highest BCUT2D eigenvalue weighted by Crippen LogP contribution is 2.24. The lowest BCUT2D eigenvalue weighted by Gasteiger charge is -2.12. The minimum Gasteiger partial charge on any atom is -0.394 e. The molecule has 0 spiro atoms. The molecule has 0 aliphatic carbocycles. The molecular formula is C12H13ClN2O2. The minimum atomic E-state index is -0.780. The predicted octanol–water partition coefficient (Wildman–Crippen LogP) is 1.65. The zero-order valence-corrected chi connectivity index (χ0v) is 9.85. The number of fused-ring (bicyclic) bond motifs is 1. The fourth-order valence-corrected chi connectivity index (χ4v) is 1.74. The zero-order chi connectivity index (χ0) is 12.3. The molecular weight excluding hydrogens is 240 g/mol. The molecule has 2 rings (SSSR count). The first kappa shape index (κ1) is 12.1.